The van der Waals surface area contributed by atoms with E-state index in [0.717, 1.165) is 16.7 Å². The van der Waals surface area contributed by atoms with Gasteiger partial charge in [-0.2, -0.15) is 0 Å². The third-order valence-corrected chi connectivity index (χ3v) is 5.94. The summed E-state index contributed by atoms with van der Waals surface area (Å²) in [5, 5.41) is 5.16. The number of rotatable bonds is 5. The van der Waals surface area contributed by atoms with Crippen LogP contribution in [-0.4, -0.2) is 59.9 Å². The van der Waals surface area contributed by atoms with Crippen molar-refractivity contribution in [1.82, 2.24) is 15.1 Å². The van der Waals surface area contributed by atoms with E-state index in [0.29, 0.717) is 38.3 Å². The minimum atomic E-state index is -0.541. The fraction of sp³-hybridized carbons (Fsp3) is 0.400. The second-order valence-corrected chi connectivity index (χ2v) is 8.52. The van der Waals surface area contributed by atoms with Crippen molar-refractivity contribution in [2.45, 2.75) is 40.2 Å². The third-order valence-electron chi connectivity index (χ3n) is 5.94. The first kappa shape index (κ1) is 23.5. The fourth-order valence-corrected chi connectivity index (χ4v) is 3.84. The standard InChI is InChI=1S/C25H32N4O3/c1-17-5-8-21(9-6-17)16-23(30)29-13-11-28(12-14-29)20(4)24(31)27-25(32)26-22-10-7-18(2)15-19(22)3/h5-10,15,20H,11-14,16H2,1-4H3,(H2,26,27,31,32). The number of nitrogens with one attached hydrogen (secondary N) is 2. The molecule has 0 bridgehead atoms. The van der Waals surface area contributed by atoms with Gasteiger partial charge in [-0.25, -0.2) is 4.79 Å². The van der Waals surface area contributed by atoms with Crippen molar-refractivity contribution in [3.63, 3.8) is 0 Å². The molecule has 0 radical (unpaired) electrons. The minimum absolute atomic E-state index is 0.0958. The van der Waals surface area contributed by atoms with Crippen molar-refractivity contribution in [2.75, 3.05) is 31.5 Å². The Balaban J connectivity index is 1.46. The fourth-order valence-electron chi connectivity index (χ4n) is 3.84. The maximum Gasteiger partial charge on any atom is 0.325 e. The molecule has 0 spiro atoms. The van der Waals surface area contributed by atoms with Crippen LogP contribution < -0.4 is 10.6 Å². The molecule has 1 saturated heterocycles. The van der Waals surface area contributed by atoms with E-state index in [1.807, 2.05) is 73.0 Å². The predicted octanol–water partition coefficient (Wildman–Crippen LogP) is 3.04. The van der Waals surface area contributed by atoms with Gasteiger partial charge in [0.25, 0.3) is 0 Å². The van der Waals surface area contributed by atoms with Crippen molar-refractivity contribution < 1.29 is 14.4 Å². The predicted molar refractivity (Wildman–Crippen MR) is 126 cm³/mol. The number of aryl methyl sites for hydroxylation is 3. The number of piperazine rings is 1. The molecule has 0 aliphatic carbocycles. The molecule has 2 N–H and O–H groups in total. The van der Waals surface area contributed by atoms with E-state index in [-0.39, 0.29) is 11.8 Å². The molecule has 32 heavy (non-hydrogen) atoms. The molecule has 3 rings (SSSR count). The Hall–Kier alpha value is -3.19. The molecule has 1 atom stereocenters. The van der Waals surface area contributed by atoms with Crippen LogP contribution in [0.4, 0.5) is 10.5 Å². The Morgan fingerprint density at radius 3 is 2.16 bits per heavy atom. The number of benzene rings is 2. The Morgan fingerprint density at radius 1 is 0.906 bits per heavy atom. The Morgan fingerprint density at radius 2 is 1.53 bits per heavy atom. The summed E-state index contributed by atoms with van der Waals surface area (Å²) in [6, 6.07) is 12.7. The molecule has 1 aliphatic heterocycles. The maximum atomic E-state index is 12.6. The summed E-state index contributed by atoms with van der Waals surface area (Å²) in [4.78, 5) is 41.3. The average Bonchev–Trinajstić information content (AvgIpc) is 2.76. The molecule has 170 valence electrons. The lowest BCUT2D eigenvalue weighted by atomic mass is 10.1. The van der Waals surface area contributed by atoms with Crippen LogP contribution in [-0.2, 0) is 16.0 Å². The van der Waals surface area contributed by atoms with Gasteiger partial charge in [0.2, 0.25) is 11.8 Å². The van der Waals surface area contributed by atoms with Crippen molar-refractivity contribution in [3.05, 3.63) is 64.7 Å². The molecule has 2 aromatic carbocycles. The number of carbonyl (C=O) groups excluding carboxylic acids is 3. The number of hydrogen-bond donors (Lipinski definition) is 2. The molecular weight excluding hydrogens is 404 g/mol. The summed E-state index contributed by atoms with van der Waals surface area (Å²) in [5.74, 6) is -0.259. The van der Waals surface area contributed by atoms with Crippen molar-refractivity contribution in [2.24, 2.45) is 0 Å². The highest BCUT2D eigenvalue weighted by Crippen LogP contribution is 2.16. The molecule has 4 amide bonds. The molecule has 2 aromatic rings. The van der Waals surface area contributed by atoms with E-state index in [4.69, 9.17) is 0 Å². The van der Waals surface area contributed by atoms with Gasteiger partial charge < -0.3 is 10.2 Å². The maximum absolute atomic E-state index is 12.6. The van der Waals surface area contributed by atoms with Crippen LogP contribution in [0.15, 0.2) is 42.5 Å². The van der Waals surface area contributed by atoms with Gasteiger partial charge in [-0.3, -0.25) is 19.8 Å². The van der Waals surface area contributed by atoms with Crippen LogP contribution in [0.25, 0.3) is 0 Å². The summed E-state index contributed by atoms with van der Waals surface area (Å²) in [6.45, 7) is 10.0. The SMILES string of the molecule is Cc1ccc(CC(=O)N2CCN(C(C)C(=O)NC(=O)Nc3ccc(C)cc3C)CC2)cc1. The van der Waals surface area contributed by atoms with Crippen LogP contribution in [0.2, 0.25) is 0 Å². The molecule has 1 unspecified atom stereocenters. The highest BCUT2D eigenvalue weighted by atomic mass is 16.2. The van der Waals surface area contributed by atoms with Crippen molar-refractivity contribution in [1.29, 1.82) is 0 Å². The molecule has 0 saturated carbocycles. The van der Waals surface area contributed by atoms with Crippen LogP contribution in [0, 0.1) is 20.8 Å². The number of anilines is 1. The van der Waals surface area contributed by atoms with Crippen LogP contribution >= 0.6 is 0 Å². The van der Waals surface area contributed by atoms with Crippen LogP contribution in [0.5, 0.6) is 0 Å². The van der Waals surface area contributed by atoms with Crippen LogP contribution in [0.1, 0.15) is 29.2 Å². The molecule has 1 aliphatic rings. The lowest BCUT2D eigenvalue weighted by Crippen LogP contribution is -2.56. The van der Waals surface area contributed by atoms with E-state index < -0.39 is 12.1 Å². The summed E-state index contributed by atoms with van der Waals surface area (Å²) in [7, 11) is 0. The first-order chi connectivity index (χ1) is 15.2. The van der Waals surface area contributed by atoms with Crippen LogP contribution in [0.3, 0.4) is 0 Å². The number of carbonyl (C=O) groups is 3. The largest absolute Gasteiger partial charge is 0.340 e. The summed E-state index contributed by atoms with van der Waals surface area (Å²) >= 11 is 0. The third kappa shape index (κ3) is 6.17. The van der Waals surface area contributed by atoms with E-state index in [1.54, 1.807) is 6.92 Å². The van der Waals surface area contributed by atoms with E-state index in [1.165, 1.54) is 5.56 Å². The Kier molecular flexibility index (Phi) is 7.64. The smallest absolute Gasteiger partial charge is 0.325 e. The zero-order valence-electron chi connectivity index (χ0n) is 19.3. The first-order valence-electron chi connectivity index (χ1n) is 11.0. The quantitative estimate of drug-likeness (QED) is 0.755. The molecule has 1 fully saturated rings. The number of hydrogen-bond acceptors (Lipinski definition) is 4. The van der Waals surface area contributed by atoms with Gasteiger partial charge in [0.05, 0.1) is 12.5 Å². The number of imide groups is 1. The number of amides is 4. The molecular formula is C25H32N4O3. The average molecular weight is 437 g/mol. The Bertz CT molecular complexity index is 979. The topological polar surface area (TPSA) is 81.8 Å². The summed E-state index contributed by atoms with van der Waals surface area (Å²) < 4.78 is 0. The molecule has 7 nitrogen and oxygen atoms in total. The van der Waals surface area contributed by atoms with Gasteiger partial charge in [-0.15, -0.1) is 0 Å². The van der Waals surface area contributed by atoms with Gasteiger partial charge in [0.1, 0.15) is 0 Å². The first-order valence-corrected chi connectivity index (χ1v) is 11.0. The van der Waals surface area contributed by atoms with E-state index in [2.05, 4.69) is 10.6 Å². The summed E-state index contributed by atoms with van der Waals surface area (Å²) in [6.07, 6.45) is 0.384. The highest BCUT2D eigenvalue weighted by molar-refractivity contribution is 6.03. The highest BCUT2D eigenvalue weighted by Gasteiger charge is 2.28. The second kappa shape index (κ2) is 10.4. The lowest BCUT2D eigenvalue weighted by Gasteiger charge is -2.37. The zero-order chi connectivity index (χ0) is 23.3. The zero-order valence-corrected chi connectivity index (χ0v) is 19.3. The second-order valence-electron chi connectivity index (χ2n) is 8.52. The normalized spacial score (nSPS) is 15.2. The number of urea groups is 1. The van der Waals surface area contributed by atoms with Gasteiger partial charge >= 0.3 is 6.03 Å². The summed E-state index contributed by atoms with van der Waals surface area (Å²) in [5.41, 5.74) is 4.89. The van der Waals surface area contributed by atoms with Gasteiger partial charge in [0.15, 0.2) is 0 Å². The number of nitrogens with zero attached hydrogens (tertiary/aromatic N) is 2. The van der Waals surface area contributed by atoms with Gasteiger partial charge in [-0.05, 0) is 44.9 Å². The Labute approximate surface area is 189 Å². The molecule has 1 heterocycles. The van der Waals surface area contributed by atoms with Gasteiger partial charge in [-0.1, -0.05) is 47.5 Å². The molecule has 7 heteroatoms. The van der Waals surface area contributed by atoms with Gasteiger partial charge in [0, 0.05) is 31.9 Å². The van der Waals surface area contributed by atoms with Crippen molar-refractivity contribution >= 4 is 23.5 Å². The minimum Gasteiger partial charge on any atom is -0.340 e. The monoisotopic (exact) mass is 436 g/mol. The lowest BCUT2D eigenvalue weighted by molar-refractivity contribution is -0.133. The van der Waals surface area contributed by atoms with E-state index >= 15 is 0 Å². The van der Waals surface area contributed by atoms with Crippen molar-refractivity contribution in [3.8, 4) is 0 Å². The molecule has 0 aromatic heterocycles. The van der Waals surface area contributed by atoms with E-state index in [9.17, 15) is 14.4 Å².